The second-order valence-corrected chi connectivity index (χ2v) is 7.34. The summed E-state index contributed by atoms with van der Waals surface area (Å²) in [6, 6.07) is 14.7. The Morgan fingerprint density at radius 1 is 0.889 bits per heavy atom. The van der Waals surface area contributed by atoms with Gasteiger partial charge in [-0.05, 0) is 43.4 Å². The highest BCUT2D eigenvalue weighted by Crippen LogP contribution is 2.28. The van der Waals surface area contributed by atoms with Crippen LogP contribution in [0.2, 0.25) is 0 Å². The maximum atomic E-state index is 14.2. The third kappa shape index (κ3) is 4.04. The summed E-state index contributed by atoms with van der Waals surface area (Å²) in [5.41, 5.74) is 1.59. The van der Waals surface area contributed by atoms with E-state index in [-0.39, 0.29) is 17.8 Å². The lowest BCUT2D eigenvalue weighted by atomic mass is 9.84. The average molecular weight is 368 g/mol. The minimum atomic E-state index is -0.319. The summed E-state index contributed by atoms with van der Waals surface area (Å²) in [5.74, 6) is -0.460. The Labute approximate surface area is 159 Å². The highest BCUT2D eigenvalue weighted by Gasteiger charge is 2.34. The summed E-state index contributed by atoms with van der Waals surface area (Å²) in [7, 11) is 0. The molecule has 1 aliphatic carbocycles. The van der Waals surface area contributed by atoms with Crippen molar-refractivity contribution >= 4 is 5.91 Å². The molecule has 2 aromatic rings. The topological polar surface area (TPSA) is 50.4 Å². The second kappa shape index (κ2) is 8.19. The van der Waals surface area contributed by atoms with Crippen molar-refractivity contribution in [2.45, 2.75) is 43.8 Å². The first-order valence-electron chi connectivity index (χ1n) is 9.71. The fourth-order valence-electron chi connectivity index (χ4n) is 3.88. The fourth-order valence-corrected chi connectivity index (χ4v) is 3.88. The van der Waals surface area contributed by atoms with Crippen molar-refractivity contribution in [2.24, 2.45) is 0 Å². The van der Waals surface area contributed by atoms with Crippen LogP contribution in [0.3, 0.4) is 0 Å². The minimum absolute atomic E-state index is 0.119. The molecule has 1 amide bonds. The molecular weight excluding hydrogens is 343 g/mol. The van der Waals surface area contributed by atoms with E-state index in [1.54, 1.807) is 30.3 Å². The first-order chi connectivity index (χ1) is 13.2. The molecule has 1 heterocycles. The van der Waals surface area contributed by atoms with Crippen LogP contribution in [0.15, 0.2) is 48.5 Å². The maximum absolute atomic E-state index is 14.2. The first-order valence-corrected chi connectivity index (χ1v) is 9.71. The van der Waals surface area contributed by atoms with Gasteiger partial charge >= 0.3 is 0 Å². The minimum Gasteiger partial charge on any atom is -0.381 e. The molecule has 0 unspecified atom stereocenters. The molecule has 2 aliphatic rings. The summed E-state index contributed by atoms with van der Waals surface area (Å²) >= 11 is 0. The first kappa shape index (κ1) is 18.1. The van der Waals surface area contributed by atoms with Crippen molar-refractivity contribution in [2.75, 3.05) is 13.2 Å². The standard InChI is InChI=1S/C22H25FN2O2/c23-19-8-4-3-6-17(19)16-5-1-2-7-18(16)22(26)25-21-10-9-20(21)24-15-11-13-27-14-12-15/h1-8,15,20-21,24H,9-14H2,(H,25,26)/t20-,21+/m1/s1. The quantitative estimate of drug-likeness (QED) is 0.849. The zero-order valence-corrected chi connectivity index (χ0v) is 15.3. The van der Waals surface area contributed by atoms with Crippen molar-refractivity contribution in [3.05, 3.63) is 59.9 Å². The molecule has 4 nitrogen and oxygen atoms in total. The van der Waals surface area contributed by atoms with Crippen molar-refractivity contribution < 1.29 is 13.9 Å². The number of carbonyl (C=O) groups excluding carboxylic acids is 1. The van der Waals surface area contributed by atoms with E-state index in [9.17, 15) is 9.18 Å². The molecule has 1 saturated heterocycles. The fraction of sp³-hybridized carbons (Fsp3) is 0.409. The van der Waals surface area contributed by atoms with Gasteiger partial charge in [-0.15, -0.1) is 0 Å². The number of ether oxygens (including phenoxy) is 1. The van der Waals surface area contributed by atoms with Gasteiger partial charge in [-0.1, -0.05) is 36.4 Å². The number of hydrogen-bond acceptors (Lipinski definition) is 3. The molecule has 27 heavy (non-hydrogen) atoms. The molecule has 0 radical (unpaired) electrons. The predicted molar refractivity (Wildman–Crippen MR) is 103 cm³/mol. The summed E-state index contributed by atoms with van der Waals surface area (Å²) < 4.78 is 19.6. The van der Waals surface area contributed by atoms with Crippen molar-refractivity contribution in [1.29, 1.82) is 0 Å². The average Bonchev–Trinajstić information content (AvgIpc) is 2.70. The molecule has 0 spiro atoms. The van der Waals surface area contributed by atoms with E-state index in [2.05, 4.69) is 10.6 Å². The van der Waals surface area contributed by atoms with Crippen LogP contribution >= 0.6 is 0 Å². The van der Waals surface area contributed by atoms with Gasteiger partial charge in [-0.2, -0.15) is 0 Å². The second-order valence-electron chi connectivity index (χ2n) is 7.34. The third-order valence-electron chi connectivity index (χ3n) is 5.60. The number of benzene rings is 2. The van der Waals surface area contributed by atoms with E-state index in [0.717, 1.165) is 38.9 Å². The highest BCUT2D eigenvalue weighted by molar-refractivity contribution is 6.01. The summed E-state index contributed by atoms with van der Waals surface area (Å²) in [4.78, 5) is 12.9. The van der Waals surface area contributed by atoms with Gasteiger partial charge < -0.3 is 15.4 Å². The number of halogens is 1. The molecule has 1 aliphatic heterocycles. The Hall–Kier alpha value is -2.24. The number of amides is 1. The van der Waals surface area contributed by atoms with Crippen LogP contribution in [0, 0.1) is 5.82 Å². The summed E-state index contributed by atoms with van der Waals surface area (Å²) in [6.45, 7) is 1.61. The Balaban J connectivity index is 1.45. The molecule has 4 rings (SSSR count). The van der Waals surface area contributed by atoms with Gasteiger partial charge in [-0.3, -0.25) is 4.79 Å². The molecule has 2 aromatic carbocycles. The Kier molecular flexibility index (Phi) is 5.50. The number of hydrogen-bond donors (Lipinski definition) is 2. The van der Waals surface area contributed by atoms with Gasteiger partial charge in [0.1, 0.15) is 5.82 Å². The zero-order chi connectivity index (χ0) is 18.6. The van der Waals surface area contributed by atoms with Gasteiger partial charge in [0.15, 0.2) is 0 Å². The lowest BCUT2D eigenvalue weighted by Gasteiger charge is -2.41. The van der Waals surface area contributed by atoms with Crippen LogP contribution in [0.25, 0.3) is 11.1 Å². The van der Waals surface area contributed by atoms with E-state index >= 15 is 0 Å². The van der Waals surface area contributed by atoms with Crippen LogP contribution < -0.4 is 10.6 Å². The van der Waals surface area contributed by atoms with Crippen LogP contribution in [0.1, 0.15) is 36.0 Å². The van der Waals surface area contributed by atoms with E-state index in [1.165, 1.54) is 6.07 Å². The lowest BCUT2D eigenvalue weighted by Crippen LogP contribution is -2.59. The molecule has 2 fully saturated rings. The molecule has 2 atom stereocenters. The van der Waals surface area contributed by atoms with Crippen LogP contribution in [0.4, 0.5) is 4.39 Å². The number of rotatable bonds is 5. The highest BCUT2D eigenvalue weighted by atomic mass is 19.1. The van der Waals surface area contributed by atoms with E-state index in [0.29, 0.717) is 28.8 Å². The van der Waals surface area contributed by atoms with Gasteiger partial charge in [0, 0.05) is 42.5 Å². The van der Waals surface area contributed by atoms with Gasteiger partial charge in [0.2, 0.25) is 0 Å². The molecule has 142 valence electrons. The summed E-state index contributed by atoms with van der Waals surface area (Å²) in [5, 5.41) is 6.81. The SMILES string of the molecule is O=C(N[C@H]1CC[C@H]1NC1CCOCC1)c1ccccc1-c1ccccc1F. The molecular formula is C22H25FN2O2. The van der Waals surface area contributed by atoms with Crippen LogP contribution in [0.5, 0.6) is 0 Å². The largest absolute Gasteiger partial charge is 0.381 e. The van der Waals surface area contributed by atoms with Gasteiger partial charge in [-0.25, -0.2) is 4.39 Å². The number of nitrogens with one attached hydrogen (secondary N) is 2. The molecule has 1 saturated carbocycles. The molecule has 0 aromatic heterocycles. The van der Waals surface area contributed by atoms with E-state index < -0.39 is 0 Å². The van der Waals surface area contributed by atoms with Gasteiger partial charge in [0.25, 0.3) is 5.91 Å². The van der Waals surface area contributed by atoms with Crippen molar-refractivity contribution in [3.8, 4) is 11.1 Å². The molecule has 0 bridgehead atoms. The van der Waals surface area contributed by atoms with Crippen molar-refractivity contribution in [3.63, 3.8) is 0 Å². The van der Waals surface area contributed by atoms with Crippen LogP contribution in [-0.4, -0.2) is 37.2 Å². The van der Waals surface area contributed by atoms with Crippen molar-refractivity contribution in [1.82, 2.24) is 10.6 Å². The molecule has 5 heteroatoms. The van der Waals surface area contributed by atoms with E-state index in [1.807, 2.05) is 12.1 Å². The Morgan fingerprint density at radius 3 is 2.26 bits per heavy atom. The summed E-state index contributed by atoms with van der Waals surface area (Å²) in [6.07, 6.45) is 4.08. The Bertz CT molecular complexity index is 804. The lowest BCUT2D eigenvalue weighted by molar-refractivity contribution is 0.0652. The van der Waals surface area contributed by atoms with E-state index in [4.69, 9.17) is 4.74 Å². The Morgan fingerprint density at radius 2 is 1.56 bits per heavy atom. The zero-order valence-electron chi connectivity index (χ0n) is 15.3. The van der Waals surface area contributed by atoms with Crippen LogP contribution in [-0.2, 0) is 4.74 Å². The number of carbonyl (C=O) groups is 1. The monoisotopic (exact) mass is 368 g/mol. The smallest absolute Gasteiger partial charge is 0.252 e. The molecule has 2 N–H and O–H groups in total. The normalized spacial score (nSPS) is 22.9. The maximum Gasteiger partial charge on any atom is 0.252 e. The predicted octanol–water partition coefficient (Wildman–Crippen LogP) is 3.52. The van der Waals surface area contributed by atoms with Gasteiger partial charge in [0.05, 0.1) is 0 Å². The third-order valence-corrected chi connectivity index (χ3v) is 5.60.